The van der Waals surface area contributed by atoms with Gasteiger partial charge in [-0.25, -0.2) is 0 Å². The highest BCUT2D eigenvalue weighted by Gasteiger charge is 2.22. The number of rotatable bonds is 10. The number of benzene rings is 2. The SMILES string of the molecule is COCCOCOc1c(C=NC(CO)c2ccccc2)cc(Br)cc1C(C)(C)C. The minimum Gasteiger partial charge on any atom is -0.467 e. The Balaban J connectivity index is 2.34. The first-order valence-electron chi connectivity index (χ1n) is 9.59. The van der Waals surface area contributed by atoms with E-state index in [9.17, 15) is 5.11 Å². The molecule has 0 spiro atoms. The van der Waals surface area contributed by atoms with E-state index in [1.54, 1.807) is 13.3 Å². The van der Waals surface area contributed by atoms with Gasteiger partial charge in [-0.3, -0.25) is 4.99 Å². The molecule has 0 heterocycles. The minimum atomic E-state index is -0.334. The fourth-order valence-electron chi connectivity index (χ4n) is 2.81. The largest absolute Gasteiger partial charge is 0.467 e. The maximum atomic E-state index is 9.80. The normalized spacial score (nSPS) is 13.0. The van der Waals surface area contributed by atoms with E-state index in [0.29, 0.717) is 13.2 Å². The second-order valence-electron chi connectivity index (χ2n) is 7.67. The van der Waals surface area contributed by atoms with Crippen LogP contribution in [0, 0.1) is 0 Å². The van der Waals surface area contributed by atoms with Crippen molar-refractivity contribution in [3.8, 4) is 5.75 Å². The van der Waals surface area contributed by atoms with Crippen molar-refractivity contribution in [3.05, 3.63) is 63.6 Å². The number of hydrogen-bond acceptors (Lipinski definition) is 5. The molecule has 6 heteroatoms. The van der Waals surface area contributed by atoms with Gasteiger partial charge in [-0.05, 0) is 23.1 Å². The van der Waals surface area contributed by atoms with Gasteiger partial charge in [0.25, 0.3) is 0 Å². The number of aliphatic imine (C=N–C) groups is 1. The molecule has 0 fully saturated rings. The van der Waals surface area contributed by atoms with Gasteiger partial charge in [-0.1, -0.05) is 67.0 Å². The van der Waals surface area contributed by atoms with Crippen molar-refractivity contribution in [1.29, 1.82) is 0 Å². The van der Waals surface area contributed by atoms with Crippen LogP contribution in [-0.2, 0) is 14.9 Å². The summed E-state index contributed by atoms with van der Waals surface area (Å²) in [5.74, 6) is 0.728. The number of aliphatic hydroxyl groups is 1. The summed E-state index contributed by atoms with van der Waals surface area (Å²) in [6.07, 6.45) is 1.76. The van der Waals surface area contributed by atoms with Gasteiger partial charge in [0.05, 0.1) is 25.9 Å². The number of ether oxygens (including phenoxy) is 3. The molecule has 2 aromatic rings. The highest BCUT2D eigenvalue weighted by Crippen LogP contribution is 2.36. The Kier molecular flexibility index (Phi) is 9.30. The molecule has 0 aromatic heterocycles. The molecular weight excluding hydrogens is 434 g/mol. The zero-order valence-electron chi connectivity index (χ0n) is 17.5. The van der Waals surface area contributed by atoms with Crippen LogP contribution in [0.5, 0.6) is 5.75 Å². The molecule has 0 bridgehead atoms. The van der Waals surface area contributed by atoms with Crippen molar-refractivity contribution in [1.82, 2.24) is 0 Å². The molecule has 0 radical (unpaired) electrons. The Bertz CT molecular complexity index is 787. The third-order valence-electron chi connectivity index (χ3n) is 4.36. The summed E-state index contributed by atoms with van der Waals surface area (Å²) in [4.78, 5) is 4.63. The summed E-state index contributed by atoms with van der Waals surface area (Å²) >= 11 is 3.60. The molecule has 1 unspecified atom stereocenters. The van der Waals surface area contributed by atoms with Gasteiger partial charge >= 0.3 is 0 Å². The lowest BCUT2D eigenvalue weighted by Crippen LogP contribution is -2.17. The fourth-order valence-corrected chi connectivity index (χ4v) is 3.29. The van der Waals surface area contributed by atoms with Gasteiger partial charge < -0.3 is 19.3 Å². The first-order chi connectivity index (χ1) is 13.9. The van der Waals surface area contributed by atoms with E-state index in [2.05, 4.69) is 47.8 Å². The van der Waals surface area contributed by atoms with Gasteiger partial charge in [0.1, 0.15) is 5.75 Å². The van der Waals surface area contributed by atoms with Crippen LogP contribution in [0.25, 0.3) is 0 Å². The highest BCUT2D eigenvalue weighted by atomic mass is 79.9. The van der Waals surface area contributed by atoms with Crippen LogP contribution in [0.15, 0.2) is 51.9 Å². The van der Waals surface area contributed by atoms with E-state index in [1.807, 2.05) is 36.4 Å². The lowest BCUT2D eigenvalue weighted by Gasteiger charge is -2.24. The predicted octanol–water partition coefficient (Wildman–Crippen LogP) is 4.90. The quantitative estimate of drug-likeness (QED) is 0.309. The molecule has 0 aliphatic carbocycles. The zero-order valence-corrected chi connectivity index (χ0v) is 19.1. The Morgan fingerprint density at radius 1 is 1.14 bits per heavy atom. The molecule has 2 aromatic carbocycles. The Morgan fingerprint density at radius 2 is 1.86 bits per heavy atom. The van der Waals surface area contributed by atoms with Crippen molar-refractivity contribution in [2.24, 2.45) is 4.99 Å². The Hall–Kier alpha value is -1.73. The highest BCUT2D eigenvalue weighted by molar-refractivity contribution is 9.10. The maximum Gasteiger partial charge on any atom is 0.189 e. The topological polar surface area (TPSA) is 60.3 Å². The average Bonchev–Trinajstić information content (AvgIpc) is 2.69. The summed E-state index contributed by atoms with van der Waals surface area (Å²) in [5, 5.41) is 9.80. The summed E-state index contributed by atoms with van der Waals surface area (Å²) < 4.78 is 17.5. The first kappa shape index (κ1) is 23.5. The van der Waals surface area contributed by atoms with E-state index in [0.717, 1.165) is 26.9 Å². The van der Waals surface area contributed by atoms with Crippen molar-refractivity contribution in [2.45, 2.75) is 32.2 Å². The Labute approximate surface area is 181 Å². The molecule has 0 aliphatic heterocycles. The van der Waals surface area contributed by atoms with E-state index < -0.39 is 0 Å². The molecule has 0 saturated heterocycles. The zero-order chi connectivity index (χ0) is 21.3. The molecule has 0 saturated carbocycles. The van der Waals surface area contributed by atoms with Crippen molar-refractivity contribution < 1.29 is 19.3 Å². The van der Waals surface area contributed by atoms with Crippen molar-refractivity contribution >= 4 is 22.1 Å². The van der Waals surface area contributed by atoms with E-state index >= 15 is 0 Å². The summed E-state index contributed by atoms with van der Waals surface area (Å²) in [7, 11) is 1.63. The Morgan fingerprint density at radius 3 is 2.48 bits per heavy atom. The molecule has 29 heavy (non-hydrogen) atoms. The summed E-state index contributed by atoms with van der Waals surface area (Å²) in [5.41, 5.74) is 2.70. The number of nitrogens with zero attached hydrogens (tertiary/aromatic N) is 1. The van der Waals surface area contributed by atoms with Crippen LogP contribution in [-0.4, -0.2) is 45.0 Å². The number of hydrogen-bond donors (Lipinski definition) is 1. The van der Waals surface area contributed by atoms with Crippen LogP contribution in [0.1, 0.15) is 43.5 Å². The first-order valence-corrected chi connectivity index (χ1v) is 10.4. The third-order valence-corrected chi connectivity index (χ3v) is 4.82. The van der Waals surface area contributed by atoms with Crippen LogP contribution in [0.4, 0.5) is 0 Å². The van der Waals surface area contributed by atoms with Gasteiger partial charge in [0.15, 0.2) is 6.79 Å². The molecule has 1 atom stereocenters. The molecular formula is C23H30BrNO4. The average molecular weight is 464 g/mol. The molecule has 0 amide bonds. The molecule has 0 aliphatic rings. The van der Waals surface area contributed by atoms with Crippen LogP contribution in [0.2, 0.25) is 0 Å². The summed E-state index contributed by atoms with van der Waals surface area (Å²) in [6.45, 7) is 7.42. The fraction of sp³-hybridized carbons (Fsp3) is 0.435. The maximum absolute atomic E-state index is 9.80. The third kappa shape index (κ3) is 7.23. The number of methoxy groups -OCH3 is 1. The van der Waals surface area contributed by atoms with Crippen molar-refractivity contribution in [2.75, 3.05) is 33.7 Å². The second-order valence-corrected chi connectivity index (χ2v) is 8.59. The smallest absolute Gasteiger partial charge is 0.189 e. The van der Waals surface area contributed by atoms with Gasteiger partial charge in [-0.2, -0.15) is 0 Å². The standard InChI is InChI=1S/C23H30BrNO4/c1-23(2,3)20-13-19(24)12-18(22(20)29-16-28-11-10-27-4)14-25-21(15-26)17-8-6-5-7-9-17/h5-9,12-14,21,26H,10-11,15-16H2,1-4H3. The van der Waals surface area contributed by atoms with Crippen LogP contribution in [0.3, 0.4) is 0 Å². The predicted molar refractivity (Wildman–Crippen MR) is 120 cm³/mol. The minimum absolute atomic E-state index is 0.0725. The number of halogens is 1. The number of aliphatic hydroxyl groups excluding tert-OH is 1. The van der Waals surface area contributed by atoms with Crippen LogP contribution < -0.4 is 4.74 Å². The lowest BCUT2D eigenvalue weighted by molar-refractivity contribution is -0.00924. The molecule has 1 N–H and O–H groups in total. The van der Waals surface area contributed by atoms with E-state index in [1.165, 1.54) is 0 Å². The van der Waals surface area contributed by atoms with Gasteiger partial charge in [0.2, 0.25) is 0 Å². The van der Waals surface area contributed by atoms with Crippen molar-refractivity contribution in [3.63, 3.8) is 0 Å². The molecule has 5 nitrogen and oxygen atoms in total. The van der Waals surface area contributed by atoms with Gasteiger partial charge in [-0.15, -0.1) is 0 Å². The van der Waals surface area contributed by atoms with Crippen LogP contribution >= 0.6 is 15.9 Å². The van der Waals surface area contributed by atoms with E-state index in [4.69, 9.17) is 14.2 Å². The molecule has 158 valence electrons. The second kappa shape index (κ2) is 11.5. The summed E-state index contributed by atoms with van der Waals surface area (Å²) in [6, 6.07) is 13.4. The lowest BCUT2D eigenvalue weighted by atomic mass is 9.85. The van der Waals surface area contributed by atoms with E-state index in [-0.39, 0.29) is 24.9 Å². The monoisotopic (exact) mass is 463 g/mol. The molecule has 2 rings (SSSR count). The van der Waals surface area contributed by atoms with Gasteiger partial charge in [0, 0.05) is 28.9 Å².